The van der Waals surface area contributed by atoms with Gasteiger partial charge in [-0.3, -0.25) is 0 Å². The number of hydrogen-bond donors (Lipinski definition) is 2. The molecule has 1 saturated carbocycles. The minimum Gasteiger partial charge on any atom is -0.493 e. The highest BCUT2D eigenvalue weighted by molar-refractivity contribution is 9.10. The van der Waals surface area contributed by atoms with Crippen LogP contribution in [0.1, 0.15) is 31.2 Å². The van der Waals surface area contributed by atoms with E-state index in [-0.39, 0.29) is 0 Å². The average molecular weight is 343 g/mol. The van der Waals surface area contributed by atoms with E-state index in [0.717, 1.165) is 48.2 Å². The molecule has 3 N–H and O–H groups in total. The van der Waals surface area contributed by atoms with Crippen LogP contribution in [0.5, 0.6) is 11.5 Å². The summed E-state index contributed by atoms with van der Waals surface area (Å²) in [5.74, 6) is 1.49. The summed E-state index contributed by atoms with van der Waals surface area (Å²) in [5.41, 5.74) is 7.11. The molecule has 0 unspecified atom stereocenters. The third kappa shape index (κ3) is 3.87. The molecule has 5 heteroatoms. The lowest BCUT2D eigenvalue weighted by Gasteiger charge is -2.27. The van der Waals surface area contributed by atoms with Crippen LogP contribution < -0.4 is 20.5 Å². The Bertz CT molecular complexity index is 446. The Kier molecular flexibility index (Phi) is 5.69. The van der Waals surface area contributed by atoms with Gasteiger partial charge in [0.25, 0.3) is 0 Å². The molecule has 0 bridgehead atoms. The number of benzene rings is 1. The summed E-state index contributed by atoms with van der Waals surface area (Å²) in [6.07, 6.45) is 4.56. The molecule has 1 aromatic carbocycles. The third-order valence-electron chi connectivity index (χ3n) is 3.86. The Labute approximate surface area is 129 Å². The van der Waals surface area contributed by atoms with Crippen molar-refractivity contribution in [1.82, 2.24) is 5.32 Å². The zero-order valence-electron chi connectivity index (χ0n) is 12.1. The van der Waals surface area contributed by atoms with Gasteiger partial charge in [-0.05, 0) is 59.3 Å². The Morgan fingerprint density at radius 2 is 1.90 bits per heavy atom. The van der Waals surface area contributed by atoms with E-state index in [1.54, 1.807) is 14.2 Å². The van der Waals surface area contributed by atoms with Crippen LogP contribution in [0, 0.1) is 0 Å². The average Bonchev–Trinajstić information content (AvgIpc) is 2.46. The van der Waals surface area contributed by atoms with Crippen molar-refractivity contribution in [3.63, 3.8) is 0 Å². The third-order valence-corrected chi connectivity index (χ3v) is 4.45. The number of nitrogens with one attached hydrogen (secondary N) is 1. The molecule has 20 heavy (non-hydrogen) atoms. The van der Waals surface area contributed by atoms with E-state index in [1.165, 1.54) is 5.56 Å². The molecule has 0 amide bonds. The van der Waals surface area contributed by atoms with Gasteiger partial charge in [0.1, 0.15) is 0 Å². The van der Waals surface area contributed by atoms with Crippen LogP contribution in [0.3, 0.4) is 0 Å². The molecule has 0 saturated heterocycles. The minimum atomic E-state index is 0.392. The number of ether oxygens (including phenoxy) is 2. The highest BCUT2D eigenvalue weighted by Crippen LogP contribution is 2.36. The summed E-state index contributed by atoms with van der Waals surface area (Å²) in [5, 5.41) is 3.60. The van der Waals surface area contributed by atoms with Gasteiger partial charge in [0.2, 0.25) is 0 Å². The first-order chi connectivity index (χ1) is 9.63. The summed E-state index contributed by atoms with van der Waals surface area (Å²) in [4.78, 5) is 0. The maximum Gasteiger partial charge on any atom is 0.174 e. The monoisotopic (exact) mass is 342 g/mol. The van der Waals surface area contributed by atoms with Gasteiger partial charge in [-0.1, -0.05) is 0 Å². The van der Waals surface area contributed by atoms with E-state index >= 15 is 0 Å². The summed E-state index contributed by atoms with van der Waals surface area (Å²) >= 11 is 3.52. The second-order valence-corrected chi connectivity index (χ2v) is 6.16. The summed E-state index contributed by atoms with van der Waals surface area (Å²) in [6.45, 7) is 0.832. The van der Waals surface area contributed by atoms with Crippen molar-refractivity contribution in [2.45, 2.75) is 44.3 Å². The smallest absolute Gasteiger partial charge is 0.174 e. The number of hydrogen-bond acceptors (Lipinski definition) is 4. The first-order valence-electron chi connectivity index (χ1n) is 7.03. The van der Waals surface area contributed by atoms with E-state index in [1.807, 2.05) is 6.07 Å². The highest BCUT2D eigenvalue weighted by Gasteiger charge is 2.18. The van der Waals surface area contributed by atoms with Gasteiger partial charge in [-0.2, -0.15) is 0 Å². The largest absolute Gasteiger partial charge is 0.493 e. The predicted octanol–water partition coefficient (Wildman–Crippen LogP) is 2.83. The fraction of sp³-hybridized carbons (Fsp3) is 0.600. The fourth-order valence-electron chi connectivity index (χ4n) is 2.66. The van der Waals surface area contributed by atoms with Crippen molar-refractivity contribution >= 4 is 15.9 Å². The molecule has 1 fully saturated rings. The van der Waals surface area contributed by atoms with E-state index in [0.29, 0.717) is 12.1 Å². The predicted molar refractivity (Wildman–Crippen MR) is 84.3 cm³/mol. The van der Waals surface area contributed by atoms with Gasteiger partial charge in [-0.15, -0.1) is 0 Å². The van der Waals surface area contributed by atoms with Crippen molar-refractivity contribution in [1.29, 1.82) is 0 Å². The van der Waals surface area contributed by atoms with Crippen LogP contribution in [-0.4, -0.2) is 26.3 Å². The van der Waals surface area contributed by atoms with Crippen LogP contribution in [0.4, 0.5) is 0 Å². The molecular weight excluding hydrogens is 320 g/mol. The molecule has 1 aromatic rings. The van der Waals surface area contributed by atoms with E-state index in [4.69, 9.17) is 15.2 Å². The molecule has 0 aromatic heterocycles. The van der Waals surface area contributed by atoms with Gasteiger partial charge in [0.05, 0.1) is 18.7 Å². The zero-order valence-corrected chi connectivity index (χ0v) is 13.7. The standard InChI is InChI=1S/C15H23BrN2O2/c1-19-14-8-10(7-13(16)15(14)20-2)9-18-12-5-3-11(17)4-6-12/h7-8,11-12,18H,3-6,9,17H2,1-2H3. The van der Waals surface area contributed by atoms with Crippen LogP contribution in [0.25, 0.3) is 0 Å². The van der Waals surface area contributed by atoms with Crippen molar-refractivity contribution in [3.8, 4) is 11.5 Å². The van der Waals surface area contributed by atoms with Crippen molar-refractivity contribution in [2.75, 3.05) is 14.2 Å². The van der Waals surface area contributed by atoms with Gasteiger partial charge in [0, 0.05) is 18.6 Å². The second-order valence-electron chi connectivity index (χ2n) is 5.31. The quantitative estimate of drug-likeness (QED) is 0.863. The lowest BCUT2D eigenvalue weighted by molar-refractivity contribution is 0.339. The van der Waals surface area contributed by atoms with Crippen molar-refractivity contribution < 1.29 is 9.47 Å². The lowest BCUT2D eigenvalue weighted by Crippen LogP contribution is -2.37. The molecule has 4 nitrogen and oxygen atoms in total. The number of nitrogens with two attached hydrogens (primary N) is 1. The van der Waals surface area contributed by atoms with E-state index in [2.05, 4.69) is 27.3 Å². The van der Waals surface area contributed by atoms with Crippen LogP contribution in [-0.2, 0) is 6.54 Å². The molecule has 0 heterocycles. The Hall–Kier alpha value is -0.780. The molecule has 112 valence electrons. The number of halogens is 1. The fourth-order valence-corrected chi connectivity index (χ4v) is 3.31. The van der Waals surface area contributed by atoms with Gasteiger partial charge in [0.15, 0.2) is 11.5 Å². The molecule has 0 atom stereocenters. The van der Waals surface area contributed by atoms with Gasteiger partial charge >= 0.3 is 0 Å². The maximum atomic E-state index is 5.93. The topological polar surface area (TPSA) is 56.5 Å². The van der Waals surface area contributed by atoms with Crippen LogP contribution >= 0.6 is 15.9 Å². The van der Waals surface area contributed by atoms with Crippen LogP contribution in [0.2, 0.25) is 0 Å². The molecule has 0 radical (unpaired) electrons. The zero-order chi connectivity index (χ0) is 14.5. The maximum absolute atomic E-state index is 5.93. The molecule has 2 rings (SSSR count). The Balaban J connectivity index is 1.97. The van der Waals surface area contributed by atoms with Crippen molar-refractivity contribution in [3.05, 3.63) is 22.2 Å². The number of rotatable bonds is 5. The highest BCUT2D eigenvalue weighted by atomic mass is 79.9. The summed E-state index contributed by atoms with van der Waals surface area (Å²) in [7, 11) is 3.30. The molecule has 0 spiro atoms. The minimum absolute atomic E-state index is 0.392. The second kappa shape index (κ2) is 7.29. The lowest BCUT2D eigenvalue weighted by atomic mass is 9.92. The molecule has 1 aliphatic rings. The normalized spacial score (nSPS) is 22.6. The number of methoxy groups -OCH3 is 2. The van der Waals surface area contributed by atoms with E-state index < -0.39 is 0 Å². The summed E-state index contributed by atoms with van der Waals surface area (Å²) in [6, 6.07) is 5.05. The SMILES string of the molecule is COc1cc(CNC2CCC(N)CC2)cc(Br)c1OC. The molecule has 0 aliphatic heterocycles. The Morgan fingerprint density at radius 1 is 1.20 bits per heavy atom. The van der Waals surface area contributed by atoms with Crippen LogP contribution in [0.15, 0.2) is 16.6 Å². The summed E-state index contributed by atoms with van der Waals surface area (Å²) < 4.78 is 11.6. The van der Waals surface area contributed by atoms with Gasteiger partial charge in [-0.25, -0.2) is 0 Å². The first-order valence-corrected chi connectivity index (χ1v) is 7.82. The first kappa shape index (κ1) is 15.6. The van der Waals surface area contributed by atoms with Crippen molar-refractivity contribution in [2.24, 2.45) is 5.73 Å². The Morgan fingerprint density at radius 3 is 2.50 bits per heavy atom. The molecule has 1 aliphatic carbocycles. The van der Waals surface area contributed by atoms with E-state index in [9.17, 15) is 0 Å². The molecular formula is C15H23BrN2O2. The van der Waals surface area contributed by atoms with Gasteiger partial charge < -0.3 is 20.5 Å².